The highest BCUT2D eigenvalue weighted by atomic mass is 19.1. The van der Waals surface area contributed by atoms with E-state index in [0.717, 1.165) is 37.0 Å². The molecule has 2 fully saturated rings. The number of rotatable bonds is 6. The number of halogens is 2. The smallest absolute Gasteiger partial charge is 0.241 e. The molecule has 1 aromatic carbocycles. The third kappa shape index (κ3) is 5.45. The van der Waals surface area contributed by atoms with Gasteiger partial charge >= 0.3 is 0 Å². The third-order valence-electron chi connectivity index (χ3n) is 8.10. The quantitative estimate of drug-likeness (QED) is 0.628. The molecule has 38 heavy (non-hydrogen) atoms. The minimum absolute atomic E-state index is 0.00199. The first-order valence-electron chi connectivity index (χ1n) is 13.5. The van der Waals surface area contributed by atoms with Gasteiger partial charge in [-0.1, -0.05) is 26.8 Å². The maximum atomic E-state index is 14.3. The molecule has 1 N–H and O–H groups in total. The molecule has 2 unspecified atom stereocenters. The van der Waals surface area contributed by atoms with Crippen LogP contribution < -0.4 is 10.2 Å². The Balaban J connectivity index is 1.34. The monoisotopic (exact) mass is 525 g/mol. The summed E-state index contributed by atoms with van der Waals surface area (Å²) in [7, 11) is 0. The zero-order valence-corrected chi connectivity index (χ0v) is 22.6. The van der Waals surface area contributed by atoms with Crippen molar-refractivity contribution in [3.8, 4) is 0 Å². The number of pyridine rings is 1. The standard InChI is InChI=1S/C29H37F2N5O2/c1-18-7-27(37)35(13-18)15-23-11-32-19(2)14-34(23)16-28(38)36-17-29(3,4)24-12-33-22(10-26(24)36)8-20-5-6-21(30)9-25(20)31/h5-6,9-10,12,18-19,23,32H,7-8,11,13-17H2,1-4H3/t18?,19?,23-/m1/s1. The fourth-order valence-electron chi connectivity index (χ4n) is 6.04. The first-order chi connectivity index (χ1) is 18.0. The zero-order chi connectivity index (χ0) is 27.2. The molecule has 3 aliphatic heterocycles. The van der Waals surface area contributed by atoms with Crippen LogP contribution >= 0.6 is 0 Å². The van der Waals surface area contributed by atoms with E-state index in [2.05, 4.69) is 42.9 Å². The van der Waals surface area contributed by atoms with Crippen molar-refractivity contribution < 1.29 is 18.4 Å². The average molecular weight is 526 g/mol. The van der Waals surface area contributed by atoms with Crippen LogP contribution in [0.4, 0.5) is 14.5 Å². The number of nitrogens with one attached hydrogen (secondary N) is 1. The van der Waals surface area contributed by atoms with Crippen molar-refractivity contribution in [1.82, 2.24) is 20.1 Å². The molecule has 204 valence electrons. The van der Waals surface area contributed by atoms with Crippen LogP contribution in [0.5, 0.6) is 0 Å². The molecule has 2 amide bonds. The fourth-order valence-corrected chi connectivity index (χ4v) is 6.04. The molecule has 3 atom stereocenters. The number of anilines is 1. The van der Waals surface area contributed by atoms with E-state index in [1.54, 1.807) is 6.20 Å². The lowest BCUT2D eigenvalue weighted by Gasteiger charge is -2.41. The number of nitrogens with zero attached hydrogens (tertiary/aromatic N) is 4. The maximum Gasteiger partial charge on any atom is 0.241 e. The molecule has 1 aromatic heterocycles. The molecule has 3 aliphatic rings. The summed E-state index contributed by atoms with van der Waals surface area (Å²) in [6, 6.07) is 5.73. The van der Waals surface area contributed by atoms with Crippen molar-refractivity contribution in [3.63, 3.8) is 0 Å². The van der Waals surface area contributed by atoms with Crippen LogP contribution in [0.3, 0.4) is 0 Å². The SMILES string of the molecule is CC1CC(=O)N(C[C@H]2CNC(C)CN2CC(=O)N2CC(C)(C)c3cnc(Cc4ccc(F)cc4F)cc32)C1. The van der Waals surface area contributed by atoms with Gasteiger partial charge < -0.3 is 15.1 Å². The number of carbonyl (C=O) groups excluding carboxylic acids is 2. The zero-order valence-electron chi connectivity index (χ0n) is 22.6. The number of amides is 2. The summed E-state index contributed by atoms with van der Waals surface area (Å²) in [5.74, 6) is -0.666. The molecular weight excluding hydrogens is 488 g/mol. The summed E-state index contributed by atoms with van der Waals surface area (Å²) in [6.07, 6.45) is 2.59. The van der Waals surface area contributed by atoms with Gasteiger partial charge in [0.15, 0.2) is 0 Å². The van der Waals surface area contributed by atoms with Crippen LogP contribution in [0.2, 0.25) is 0 Å². The summed E-state index contributed by atoms with van der Waals surface area (Å²) >= 11 is 0. The molecule has 0 saturated carbocycles. The predicted octanol–water partition coefficient (Wildman–Crippen LogP) is 3.11. The van der Waals surface area contributed by atoms with Crippen molar-refractivity contribution in [2.24, 2.45) is 5.92 Å². The Hall–Kier alpha value is -2.91. The van der Waals surface area contributed by atoms with E-state index in [0.29, 0.717) is 36.7 Å². The minimum Gasteiger partial charge on any atom is -0.341 e. The number of hydrogen-bond acceptors (Lipinski definition) is 5. The van der Waals surface area contributed by atoms with E-state index in [4.69, 9.17) is 0 Å². The summed E-state index contributed by atoms with van der Waals surface area (Å²) in [5, 5.41) is 3.51. The topological polar surface area (TPSA) is 68.8 Å². The molecule has 0 spiro atoms. The molecule has 0 aliphatic carbocycles. The van der Waals surface area contributed by atoms with Crippen LogP contribution in [-0.4, -0.2) is 78.0 Å². The van der Waals surface area contributed by atoms with Gasteiger partial charge in [-0.25, -0.2) is 8.78 Å². The van der Waals surface area contributed by atoms with Crippen LogP contribution in [0.1, 0.15) is 50.9 Å². The van der Waals surface area contributed by atoms with Crippen LogP contribution in [0, 0.1) is 17.6 Å². The van der Waals surface area contributed by atoms with Crippen LogP contribution in [0.25, 0.3) is 0 Å². The number of hydrogen-bond donors (Lipinski definition) is 1. The van der Waals surface area contributed by atoms with Gasteiger partial charge in [0.2, 0.25) is 11.8 Å². The number of benzene rings is 1. The van der Waals surface area contributed by atoms with E-state index in [9.17, 15) is 18.4 Å². The number of aromatic nitrogens is 1. The second kappa shape index (κ2) is 10.3. The lowest BCUT2D eigenvalue weighted by atomic mass is 9.88. The lowest BCUT2D eigenvalue weighted by Crippen LogP contribution is -2.61. The first-order valence-corrected chi connectivity index (χ1v) is 13.5. The van der Waals surface area contributed by atoms with Crippen molar-refractivity contribution in [1.29, 1.82) is 0 Å². The Kier molecular flexibility index (Phi) is 7.26. The Morgan fingerprint density at radius 2 is 1.97 bits per heavy atom. The average Bonchev–Trinajstić information content (AvgIpc) is 3.31. The second-order valence-corrected chi connectivity index (χ2v) is 12.0. The van der Waals surface area contributed by atoms with Gasteiger partial charge in [-0.15, -0.1) is 0 Å². The first kappa shape index (κ1) is 26.7. The van der Waals surface area contributed by atoms with Crippen molar-refractivity contribution in [2.45, 2.75) is 58.0 Å². The molecule has 0 bridgehead atoms. The maximum absolute atomic E-state index is 14.3. The largest absolute Gasteiger partial charge is 0.341 e. The number of likely N-dealkylation sites (tertiary alicyclic amines) is 1. The van der Waals surface area contributed by atoms with E-state index >= 15 is 0 Å². The lowest BCUT2D eigenvalue weighted by molar-refractivity contribution is -0.128. The van der Waals surface area contributed by atoms with Crippen molar-refractivity contribution >= 4 is 17.5 Å². The summed E-state index contributed by atoms with van der Waals surface area (Å²) in [6.45, 7) is 12.0. The highest BCUT2D eigenvalue weighted by Gasteiger charge is 2.40. The third-order valence-corrected chi connectivity index (χ3v) is 8.10. The van der Waals surface area contributed by atoms with Crippen LogP contribution in [-0.2, 0) is 21.4 Å². The molecule has 4 heterocycles. The Morgan fingerprint density at radius 1 is 1.18 bits per heavy atom. The predicted molar refractivity (Wildman–Crippen MR) is 142 cm³/mol. The summed E-state index contributed by atoms with van der Waals surface area (Å²) < 4.78 is 27.6. The molecular formula is C29H37F2N5O2. The Bertz CT molecular complexity index is 1240. The molecule has 9 heteroatoms. The number of carbonyl (C=O) groups is 2. The molecule has 5 rings (SSSR count). The van der Waals surface area contributed by atoms with Crippen molar-refractivity contribution in [3.05, 3.63) is 58.9 Å². The van der Waals surface area contributed by atoms with Crippen molar-refractivity contribution in [2.75, 3.05) is 44.2 Å². The second-order valence-electron chi connectivity index (χ2n) is 12.0. The van der Waals surface area contributed by atoms with Gasteiger partial charge in [-0.2, -0.15) is 0 Å². The Morgan fingerprint density at radius 3 is 2.68 bits per heavy atom. The highest BCUT2D eigenvalue weighted by Crippen LogP contribution is 2.40. The van der Waals surface area contributed by atoms with Gasteiger partial charge in [0, 0.05) is 86.6 Å². The van der Waals surface area contributed by atoms with Gasteiger partial charge in [-0.3, -0.25) is 19.5 Å². The minimum atomic E-state index is -0.615. The molecule has 0 radical (unpaired) electrons. The van der Waals surface area contributed by atoms with Gasteiger partial charge in [-0.05, 0) is 30.5 Å². The number of fused-ring (bicyclic) bond motifs is 1. The number of piperazine rings is 1. The van der Waals surface area contributed by atoms with Gasteiger partial charge in [0.1, 0.15) is 11.6 Å². The molecule has 2 saturated heterocycles. The van der Waals surface area contributed by atoms with E-state index < -0.39 is 11.6 Å². The van der Waals surface area contributed by atoms with E-state index in [1.807, 2.05) is 15.9 Å². The summed E-state index contributed by atoms with van der Waals surface area (Å²) in [4.78, 5) is 36.8. The fraction of sp³-hybridized carbons (Fsp3) is 0.552. The van der Waals surface area contributed by atoms with E-state index in [1.165, 1.54) is 12.1 Å². The summed E-state index contributed by atoms with van der Waals surface area (Å²) in [5.41, 5.74) is 2.50. The highest BCUT2D eigenvalue weighted by molar-refractivity contribution is 5.97. The van der Waals surface area contributed by atoms with Gasteiger partial charge in [0.25, 0.3) is 0 Å². The molecule has 7 nitrogen and oxygen atoms in total. The van der Waals surface area contributed by atoms with E-state index in [-0.39, 0.29) is 42.3 Å². The molecule has 2 aromatic rings. The van der Waals surface area contributed by atoms with Crippen LogP contribution in [0.15, 0.2) is 30.5 Å². The normalized spacial score (nSPS) is 25.2. The van der Waals surface area contributed by atoms with Gasteiger partial charge in [0.05, 0.1) is 12.2 Å². The Labute approximate surface area is 223 Å².